The minimum Gasteiger partial charge on any atom is -0.329 e. The number of nitrogens with two attached hydrogens (primary N) is 1. The zero-order chi connectivity index (χ0) is 14.3. The monoisotopic (exact) mass is 284 g/mol. The van der Waals surface area contributed by atoms with Crippen LogP contribution < -0.4 is 11.1 Å². The highest BCUT2D eigenvalue weighted by molar-refractivity contribution is 5.32. The summed E-state index contributed by atoms with van der Waals surface area (Å²) in [7, 11) is 0. The van der Waals surface area contributed by atoms with Crippen molar-refractivity contribution in [3.63, 3.8) is 0 Å². The fourth-order valence-electron chi connectivity index (χ4n) is 4.92. The molecule has 0 amide bonds. The van der Waals surface area contributed by atoms with Crippen molar-refractivity contribution in [3.8, 4) is 0 Å². The zero-order valence-electron chi connectivity index (χ0n) is 13.0. The van der Waals surface area contributed by atoms with Crippen LogP contribution in [0.3, 0.4) is 0 Å². The highest BCUT2D eigenvalue weighted by atomic mass is 15.0. The Morgan fingerprint density at radius 3 is 2.14 bits per heavy atom. The lowest BCUT2D eigenvalue weighted by atomic mass is 9.78. The van der Waals surface area contributed by atoms with Crippen molar-refractivity contribution in [2.24, 2.45) is 23.5 Å². The van der Waals surface area contributed by atoms with Gasteiger partial charge >= 0.3 is 0 Å². The van der Waals surface area contributed by atoms with Crippen molar-refractivity contribution in [1.82, 2.24) is 5.32 Å². The van der Waals surface area contributed by atoms with E-state index in [1.54, 1.807) is 11.1 Å². The van der Waals surface area contributed by atoms with Crippen LogP contribution >= 0.6 is 0 Å². The lowest BCUT2D eigenvalue weighted by Gasteiger charge is -2.39. The molecule has 1 aromatic carbocycles. The van der Waals surface area contributed by atoms with Crippen LogP contribution in [0.1, 0.15) is 43.2 Å². The summed E-state index contributed by atoms with van der Waals surface area (Å²) < 4.78 is 0. The lowest BCUT2D eigenvalue weighted by molar-refractivity contribution is 0.193. The van der Waals surface area contributed by atoms with Crippen LogP contribution in [0.25, 0.3) is 0 Å². The van der Waals surface area contributed by atoms with Gasteiger partial charge in [-0.15, -0.1) is 0 Å². The first-order valence-electron chi connectivity index (χ1n) is 8.83. The Balaban J connectivity index is 1.56. The highest BCUT2D eigenvalue weighted by Crippen LogP contribution is 2.47. The van der Waals surface area contributed by atoms with Crippen LogP contribution in [0.4, 0.5) is 0 Å². The Kier molecular flexibility index (Phi) is 3.55. The van der Waals surface area contributed by atoms with Crippen LogP contribution in [0.15, 0.2) is 24.3 Å². The maximum absolute atomic E-state index is 6.33. The molecule has 114 valence electrons. The molecule has 2 heteroatoms. The average molecular weight is 284 g/mol. The van der Waals surface area contributed by atoms with Crippen LogP contribution in [0, 0.1) is 17.8 Å². The quantitative estimate of drug-likeness (QED) is 0.872. The van der Waals surface area contributed by atoms with Crippen LogP contribution in [-0.4, -0.2) is 18.6 Å². The molecular formula is C19H28N2. The van der Waals surface area contributed by atoms with Crippen molar-refractivity contribution in [2.75, 3.05) is 13.1 Å². The van der Waals surface area contributed by atoms with Gasteiger partial charge in [-0.05, 0) is 67.5 Å². The second kappa shape index (κ2) is 5.40. The SMILES string of the molecule is NCC1(NCCC2CC2)C2CCC1Cc1ccccc1C2. The fourth-order valence-corrected chi connectivity index (χ4v) is 4.92. The summed E-state index contributed by atoms with van der Waals surface area (Å²) in [6.07, 6.45) is 9.42. The number of benzene rings is 1. The van der Waals surface area contributed by atoms with E-state index in [2.05, 4.69) is 29.6 Å². The molecule has 0 aliphatic heterocycles. The first-order chi connectivity index (χ1) is 10.3. The van der Waals surface area contributed by atoms with E-state index in [4.69, 9.17) is 5.73 Å². The molecule has 3 N–H and O–H groups in total. The maximum Gasteiger partial charge on any atom is 0.0367 e. The highest BCUT2D eigenvalue weighted by Gasteiger charge is 2.50. The molecule has 4 rings (SSSR count). The standard InChI is InChI=1S/C19H28N2/c20-13-19(21-10-9-14-5-6-14)17-7-8-18(19)12-16-4-2-1-3-15(16)11-17/h1-4,14,17-18,21H,5-13,20H2. The average Bonchev–Trinajstić information content (AvgIpc) is 3.26. The molecule has 2 saturated carbocycles. The predicted octanol–water partition coefficient (Wildman–Crippen LogP) is 2.90. The molecule has 3 aliphatic rings. The van der Waals surface area contributed by atoms with Crippen molar-refractivity contribution in [3.05, 3.63) is 35.4 Å². The van der Waals surface area contributed by atoms with Crippen molar-refractivity contribution >= 4 is 0 Å². The molecule has 2 fully saturated rings. The molecule has 21 heavy (non-hydrogen) atoms. The van der Waals surface area contributed by atoms with Crippen LogP contribution in [-0.2, 0) is 12.8 Å². The summed E-state index contributed by atoms with van der Waals surface area (Å²) in [6.45, 7) is 1.98. The molecule has 2 bridgehead atoms. The van der Waals surface area contributed by atoms with Gasteiger partial charge in [0.05, 0.1) is 0 Å². The molecule has 0 heterocycles. The zero-order valence-corrected chi connectivity index (χ0v) is 13.0. The number of hydrogen-bond acceptors (Lipinski definition) is 2. The molecule has 0 saturated heterocycles. The van der Waals surface area contributed by atoms with E-state index in [1.807, 2.05) is 0 Å². The van der Waals surface area contributed by atoms with E-state index in [0.717, 1.165) is 24.3 Å². The number of nitrogens with one attached hydrogen (secondary N) is 1. The van der Waals surface area contributed by atoms with Gasteiger partial charge in [0.2, 0.25) is 0 Å². The summed E-state index contributed by atoms with van der Waals surface area (Å²) >= 11 is 0. The third kappa shape index (κ3) is 2.43. The third-order valence-corrected chi connectivity index (χ3v) is 6.41. The maximum atomic E-state index is 6.33. The number of hydrogen-bond donors (Lipinski definition) is 2. The van der Waals surface area contributed by atoms with Gasteiger partial charge in [0, 0.05) is 12.1 Å². The molecule has 2 unspecified atom stereocenters. The Labute approximate surface area is 128 Å². The largest absolute Gasteiger partial charge is 0.329 e. The van der Waals surface area contributed by atoms with E-state index in [0.29, 0.717) is 0 Å². The minimum atomic E-state index is 0.202. The third-order valence-electron chi connectivity index (χ3n) is 6.41. The predicted molar refractivity (Wildman–Crippen MR) is 87.2 cm³/mol. The van der Waals surface area contributed by atoms with E-state index < -0.39 is 0 Å². The smallest absolute Gasteiger partial charge is 0.0367 e. The van der Waals surface area contributed by atoms with Gasteiger partial charge in [0.25, 0.3) is 0 Å². The molecule has 2 nitrogen and oxygen atoms in total. The van der Waals surface area contributed by atoms with Gasteiger partial charge in [-0.1, -0.05) is 37.1 Å². The van der Waals surface area contributed by atoms with Gasteiger partial charge in [-0.3, -0.25) is 0 Å². The summed E-state index contributed by atoms with van der Waals surface area (Å²) in [4.78, 5) is 0. The fraction of sp³-hybridized carbons (Fsp3) is 0.684. The molecule has 0 radical (unpaired) electrons. The van der Waals surface area contributed by atoms with E-state index in [9.17, 15) is 0 Å². The number of rotatable bonds is 5. The molecule has 2 atom stereocenters. The van der Waals surface area contributed by atoms with Crippen molar-refractivity contribution in [1.29, 1.82) is 0 Å². The molecule has 1 aromatic rings. The lowest BCUT2D eigenvalue weighted by Crippen LogP contribution is -2.58. The number of fused-ring (bicyclic) bond motifs is 3. The van der Waals surface area contributed by atoms with E-state index in [1.165, 1.54) is 51.5 Å². The van der Waals surface area contributed by atoms with Gasteiger partial charge in [-0.2, -0.15) is 0 Å². The molecular weight excluding hydrogens is 256 g/mol. The van der Waals surface area contributed by atoms with Crippen LogP contribution in [0.2, 0.25) is 0 Å². The first-order valence-corrected chi connectivity index (χ1v) is 8.83. The second-order valence-electron chi connectivity index (χ2n) is 7.55. The summed E-state index contributed by atoms with van der Waals surface area (Å²) in [5.41, 5.74) is 9.69. The molecule has 3 aliphatic carbocycles. The van der Waals surface area contributed by atoms with Gasteiger partial charge in [0.1, 0.15) is 0 Å². The van der Waals surface area contributed by atoms with Gasteiger partial charge < -0.3 is 11.1 Å². The van der Waals surface area contributed by atoms with Gasteiger partial charge in [0.15, 0.2) is 0 Å². The molecule has 0 spiro atoms. The topological polar surface area (TPSA) is 38.0 Å². The normalized spacial score (nSPS) is 34.5. The Bertz CT molecular complexity index is 473. The van der Waals surface area contributed by atoms with E-state index in [-0.39, 0.29) is 5.54 Å². The van der Waals surface area contributed by atoms with Crippen molar-refractivity contribution in [2.45, 2.75) is 50.5 Å². The van der Waals surface area contributed by atoms with Crippen molar-refractivity contribution < 1.29 is 0 Å². The molecule has 0 aromatic heterocycles. The van der Waals surface area contributed by atoms with Gasteiger partial charge in [-0.25, -0.2) is 0 Å². The minimum absolute atomic E-state index is 0.202. The Hall–Kier alpha value is -0.860. The second-order valence-corrected chi connectivity index (χ2v) is 7.55. The Morgan fingerprint density at radius 2 is 1.62 bits per heavy atom. The summed E-state index contributed by atoms with van der Waals surface area (Å²) in [6, 6.07) is 9.06. The summed E-state index contributed by atoms with van der Waals surface area (Å²) in [5.74, 6) is 2.47. The first kappa shape index (κ1) is 13.8. The Morgan fingerprint density at radius 1 is 1.00 bits per heavy atom. The summed E-state index contributed by atoms with van der Waals surface area (Å²) in [5, 5.41) is 3.97. The van der Waals surface area contributed by atoms with E-state index >= 15 is 0 Å². The van der Waals surface area contributed by atoms with Crippen LogP contribution in [0.5, 0.6) is 0 Å².